The molecule has 0 aliphatic carbocycles. The number of morpholine rings is 1. The molecule has 0 bridgehead atoms. The van der Waals surface area contributed by atoms with Crippen molar-refractivity contribution < 1.29 is 19.1 Å². The molecular weight excluding hydrogens is 472 g/mol. The molecule has 2 aromatic heterocycles. The lowest BCUT2D eigenvalue weighted by molar-refractivity contribution is 0.0943. The highest BCUT2D eigenvalue weighted by Crippen LogP contribution is 2.28. The highest BCUT2D eigenvalue weighted by molar-refractivity contribution is 6.05. The van der Waals surface area contributed by atoms with E-state index in [1.165, 1.54) is 7.11 Å². The maximum absolute atomic E-state index is 13.3. The Kier molecular flexibility index (Phi) is 7.00. The number of amides is 2. The molecular formula is C27H28N6O4. The molecule has 0 unspecified atom stereocenters. The summed E-state index contributed by atoms with van der Waals surface area (Å²) in [6.45, 7) is 3.37. The number of carbonyl (C=O) groups is 2. The highest BCUT2D eigenvalue weighted by atomic mass is 16.5. The normalized spacial score (nSPS) is 13.4. The summed E-state index contributed by atoms with van der Waals surface area (Å²) in [6.07, 6.45) is 1.65. The van der Waals surface area contributed by atoms with Gasteiger partial charge in [-0.25, -0.2) is 4.98 Å². The third-order valence-electron chi connectivity index (χ3n) is 6.41. The van der Waals surface area contributed by atoms with E-state index in [2.05, 4.69) is 36.8 Å². The topological polar surface area (TPSA) is 121 Å². The van der Waals surface area contributed by atoms with Gasteiger partial charge in [0.25, 0.3) is 11.8 Å². The number of benzene rings is 2. The van der Waals surface area contributed by atoms with Gasteiger partial charge in [0.1, 0.15) is 5.56 Å². The number of aromatic amines is 1. The molecule has 2 amide bonds. The van der Waals surface area contributed by atoms with Crippen LogP contribution in [0.15, 0.2) is 54.7 Å². The molecule has 0 radical (unpaired) electrons. The van der Waals surface area contributed by atoms with Crippen LogP contribution in [0.1, 0.15) is 26.4 Å². The number of anilines is 1. The van der Waals surface area contributed by atoms with Crippen molar-refractivity contribution >= 4 is 28.4 Å². The van der Waals surface area contributed by atoms with E-state index in [9.17, 15) is 9.59 Å². The van der Waals surface area contributed by atoms with Gasteiger partial charge in [-0.2, -0.15) is 5.10 Å². The largest absolute Gasteiger partial charge is 0.480 e. The van der Waals surface area contributed by atoms with Gasteiger partial charge in [-0.1, -0.05) is 24.3 Å². The molecule has 190 valence electrons. The van der Waals surface area contributed by atoms with Crippen molar-refractivity contribution in [3.63, 3.8) is 0 Å². The molecule has 0 atom stereocenters. The van der Waals surface area contributed by atoms with Crippen LogP contribution in [0.3, 0.4) is 0 Å². The first-order chi connectivity index (χ1) is 18.1. The van der Waals surface area contributed by atoms with Crippen LogP contribution in [0.25, 0.3) is 22.0 Å². The molecule has 10 heteroatoms. The van der Waals surface area contributed by atoms with Crippen LogP contribution in [-0.2, 0) is 11.3 Å². The minimum absolute atomic E-state index is 0.243. The molecule has 1 aliphatic rings. The molecule has 5 rings (SSSR count). The van der Waals surface area contributed by atoms with Crippen molar-refractivity contribution in [2.45, 2.75) is 6.54 Å². The molecule has 0 saturated carbocycles. The van der Waals surface area contributed by atoms with Crippen LogP contribution in [0, 0.1) is 0 Å². The summed E-state index contributed by atoms with van der Waals surface area (Å²) < 4.78 is 10.9. The van der Waals surface area contributed by atoms with Gasteiger partial charge in [0.05, 0.1) is 25.8 Å². The fraction of sp³-hybridized carbons (Fsp3) is 0.259. The molecule has 4 aromatic rings. The maximum Gasteiger partial charge on any atom is 0.272 e. The first-order valence-corrected chi connectivity index (χ1v) is 12.0. The number of fused-ring (bicyclic) bond motifs is 1. The van der Waals surface area contributed by atoms with Crippen LogP contribution in [0.2, 0.25) is 0 Å². The van der Waals surface area contributed by atoms with E-state index in [0.29, 0.717) is 41.9 Å². The Morgan fingerprint density at radius 1 is 1.08 bits per heavy atom. The smallest absolute Gasteiger partial charge is 0.272 e. The first kappa shape index (κ1) is 24.3. The van der Waals surface area contributed by atoms with Gasteiger partial charge in [0, 0.05) is 49.5 Å². The average molecular weight is 501 g/mol. The van der Waals surface area contributed by atoms with Crippen molar-refractivity contribution in [3.8, 4) is 17.0 Å². The van der Waals surface area contributed by atoms with Crippen LogP contribution >= 0.6 is 0 Å². The molecule has 1 aliphatic heterocycles. The number of H-pyrrole nitrogens is 1. The summed E-state index contributed by atoms with van der Waals surface area (Å²) in [6, 6.07) is 15.4. The fourth-order valence-corrected chi connectivity index (χ4v) is 4.47. The Morgan fingerprint density at radius 2 is 1.89 bits per heavy atom. The number of nitrogens with one attached hydrogen (secondary N) is 3. The highest BCUT2D eigenvalue weighted by Gasteiger charge is 2.19. The maximum atomic E-state index is 13.3. The van der Waals surface area contributed by atoms with Gasteiger partial charge >= 0.3 is 0 Å². The third-order valence-corrected chi connectivity index (χ3v) is 6.41. The van der Waals surface area contributed by atoms with E-state index in [1.54, 1.807) is 19.3 Å². The number of pyridine rings is 1. The van der Waals surface area contributed by atoms with Crippen LogP contribution in [0.4, 0.5) is 5.69 Å². The summed E-state index contributed by atoms with van der Waals surface area (Å²) in [5.74, 6) is -0.306. The van der Waals surface area contributed by atoms with Crippen molar-refractivity contribution in [1.82, 2.24) is 25.8 Å². The molecule has 3 heterocycles. The van der Waals surface area contributed by atoms with Gasteiger partial charge in [-0.15, -0.1) is 0 Å². The Bertz CT molecular complexity index is 1440. The van der Waals surface area contributed by atoms with Crippen molar-refractivity contribution in [3.05, 3.63) is 71.5 Å². The summed E-state index contributed by atoms with van der Waals surface area (Å²) >= 11 is 0. The van der Waals surface area contributed by atoms with Gasteiger partial charge in [0.15, 0.2) is 5.69 Å². The van der Waals surface area contributed by atoms with E-state index in [-0.39, 0.29) is 17.7 Å². The zero-order valence-corrected chi connectivity index (χ0v) is 20.7. The van der Waals surface area contributed by atoms with E-state index >= 15 is 0 Å². The third kappa shape index (κ3) is 4.96. The monoisotopic (exact) mass is 500 g/mol. The number of para-hydroxylation sites is 1. The number of hydrogen-bond acceptors (Lipinski definition) is 7. The lowest BCUT2D eigenvalue weighted by atomic mass is 10.0. The van der Waals surface area contributed by atoms with Gasteiger partial charge < -0.3 is 25.0 Å². The lowest BCUT2D eigenvalue weighted by Gasteiger charge is -2.30. The SMILES string of the molecule is CNC(=O)c1n[nH]c2cc(-c3cnc(OC)c(C(=O)NCc4ccccc4N4CCOCC4)c3)ccc12. The summed E-state index contributed by atoms with van der Waals surface area (Å²) in [5.41, 5.74) is 5.04. The van der Waals surface area contributed by atoms with E-state index in [0.717, 1.165) is 35.5 Å². The Labute approximate surface area is 214 Å². The Hall–Kier alpha value is -4.44. The predicted molar refractivity (Wildman–Crippen MR) is 140 cm³/mol. The molecule has 0 spiro atoms. The summed E-state index contributed by atoms with van der Waals surface area (Å²) in [7, 11) is 3.05. The number of aromatic nitrogens is 3. The van der Waals surface area contributed by atoms with Crippen LogP contribution < -0.4 is 20.3 Å². The number of nitrogens with zero attached hydrogens (tertiary/aromatic N) is 3. The van der Waals surface area contributed by atoms with Crippen molar-refractivity contribution in [2.24, 2.45) is 0 Å². The quantitative estimate of drug-likeness (QED) is 0.357. The van der Waals surface area contributed by atoms with Gasteiger partial charge in [-0.3, -0.25) is 14.7 Å². The van der Waals surface area contributed by atoms with Crippen LogP contribution in [0.5, 0.6) is 5.88 Å². The van der Waals surface area contributed by atoms with Gasteiger partial charge in [-0.05, 0) is 35.4 Å². The van der Waals surface area contributed by atoms with Crippen molar-refractivity contribution in [2.75, 3.05) is 45.4 Å². The van der Waals surface area contributed by atoms with E-state index in [1.807, 2.05) is 36.4 Å². The summed E-state index contributed by atoms with van der Waals surface area (Å²) in [5, 5.41) is 13.3. The second-order valence-electron chi connectivity index (χ2n) is 8.60. The minimum Gasteiger partial charge on any atom is -0.480 e. The Balaban J connectivity index is 1.38. The lowest BCUT2D eigenvalue weighted by Crippen LogP contribution is -2.37. The second kappa shape index (κ2) is 10.7. The molecule has 37 heavy (non-hydrogen) atoms. The molecule has 10 nitrogen and oxygen atoms in total. The number of ether oxygens (including phenoxy) is 2. The number of hydrogen-bond donors (Lipinski definition) is 3. The minimum atomic E-state index is -0.285. The number of carbonyl (C=O) groups excluding carboxylic acids is 2. The molecule has 2 aromatic carbocycles. The van der Waals surface area contributed by atoms with Gasteiger partial charge in [0.2, 0.25) is 5.88 Å². The summed E-state index contributed by atoms with van der Waals surface area (Å²) in [4.78, 5) is 32.0. The standard InChI is InChI=1S/C27H28N6O4/c1-28-26(35)24-20-8-7-17(14-22(20)31-32-24)19-13-21(27(36-2)30-16-19)25(34)29-15-18-5-3-4-6-23(18)33-9-11-37-12-10-33/h3-8,13-14,16H,9-12,15H2,1-2H3,(H,28,35)(H,29,34)(H,31,32). The second-order valence-corrected chi connectivity index (χ2v) is 8.60. The number of rotatable bonds is 7. The Morgan fingerprint density at radius 3 is 2.68 bits per heavy atom. The van der Waals surface area contributed by atoms with Crippen LogP contribution in [-0.4, -0.2) is 67.5 Å². The fourth-order valence-electron chi connectivity index (χ4n) is 4.47. The zero-order valence-electron chi connectivity index (χ0n) is 20.7. The zero-order chi connectivity index (χ0) is 25.8. The van der Waals surface area contributed by atoms with E-state index < -0.39 is 0 Å². The average Bonchev–Trinajstić information content (AvgIpc) is 3.39. The molecule has 1 fully saturated rings. The van der Waals surface area contributed by atoms with E-state index in [4.69, 9.17) is 9.47 Å². The first-order valence-electron chi connectivity index (χ1n) is 12.0. The molecule has 3 N–H and O–H groups in total. The number of methoxy groups -OCH3 is 1. The molecule has 1 saturated heterocycles. The predicted octanol–water partition coefficient (Wildman–Crippen LogP) is 2.76. The van der Waals surface area contributed by atoms with Crippen molar-refractivity contribution in [1.29, 1.82) is 0 Å².